The van der Waals surface area contributed by atoms with Crippen molar-refractivity contribution in [3.05, 3.63) is 102 Å². The van der Waals surface area contributed by atoms with Crippen molar-refractivity contribution in [2.45, 2.75) is 15.9 Å². The van der Waals surface area contributed by atoms with Crippen molar-refractivity contribution in [1.82, 2.24) is 5.32 Å². The second-order valence-electron chi connectivity index (χ2n) is 6.25. The van der Waals surface area contributed by atoms with Crippen molar-refractivity contribution in [3.63, 3.8) is 0 Å². The molecule has 0 aromatic heterocycles. The Balaban J connectivity index is 1.89. The zero-order valence-electron chi connectivity index (χ0n) is 14.9. The summed E-state index contributed by atoms with van der Waals surface area (Å²) in [5.74, 6) is -0.799. The van der Waals surface area contributed by atoms with E-state index in [9.17, 15) is 4.79 Å². The molecule has 1 unspecified atom stereocenters. The first-order valence-electron chi connectivity index (χ1n) is 8.74. The predicted octanol–water partition coefficient (Wildman–Crippen LogP) is 5.74. The summed E-state index contributed by atoms with van der Waals surface area (Å²) >= 11 is 18.4. The van der Waals surface area contributed by atoms with E-state index in [1.54, 1.807) is 0 Å². The number of carbonyl (C=O) groups excluding carboxylic acids is 1. The fourth-order valence-corrected chi connectivity index (χ4v) is 3.24. The number of amides is 1. The fraction of sp³-hybridized carbons (Fsp3) is 0.136. The Morgan fingerprint density at radius 1 is 0.714 bits per heavy atom. The SMILES string of the molecule is O=C(NC(Nc1ccccc1)C(Cl)(Cl)Cl)C(c1ccccc1)c1ccccc1. The summed E-state index contributed by atoms with van der Waals surface area (Å²) in [7, 11) is 0. The van der Waals surface area contributed by atoms with E-state index in [0.717, 1.165) is 16.8 Å². The van der Waals surface area contributed by atoms with Gasteiger partial charge in [-0.05, 0) is 23.3 Å². The molecular formula is C22H19Cl3N2O. The predicted molar refractivity (Wildman–Crippen MR) is 117 cm³/mol. The first kappa shape index (κ1) is 20.5. The number of hydrogen-bond acceptors (Lipinski definition) is 2. The number of anilines is 1. The molecule has 0 heterocycles. The van der Waals surface area contributed by atoms with Gasteiger partial charge in [-0.15, -0.1) is 0 Å². The van der Waals surface area contributed by atoms with Gasteiger partial charge in [0, 0.05) is 5.69 Å². The molecule has 1 amide bonds. The smallest absolute Gasteiger partial charge is 0.233 e. The maximum atomic E-state index is 13.3. The number of benzene rings is 3. The van der Waals surface area contributed by atoms with Crippen LogP contribution in [0.3, 0.4) is 0 Å². The first-order chi connectivity index (χ1) is 13.4. The van der Waals surface area contributed by atoms with E-state index in [4.69, 9.17) is 34.8 Å². The van der Waals surface area contributed by atoms with Crippen molar-refractivity contribution in [3.8, 4) is 0 Å². The molecule has 0 radical (unpaired) electrons. The molecule has 28 heavy (non-hydrogen) atoms. The number of nitrogens with one attached hydrogen (secondary N) is 2. The number of halogens is 3. The molecule has 0 bridgehead atoms. The molecular weight excluding hydrogens is 415 g/mol. The fourth-order valence-electron chi connectivity index (χ4n) is 2.91. The van der Waals surface area contributed by atoms with E-state index >= 15 is 0 Å². The van der Waals surface area contributed by atoms with Crippen LogP contribution in [0.2, 0.25) is 0 Å². The minimum absolute atomic E-state index is 0.267. The van der Waals surface area contributed by atoms with Crippen LogP contribution in [0.4, 0.5) is 5.69 Å². The van der Waals surface area contributed by atoms with Gasteiger partial charge in [0.15, 0.2) is 0 Å². The van der Waals surface area contributed by atoms with E-state index in [2.05, 4.69) is 10.6 Å². The van der Waals surface area contributed by atoms with E-state index < -0.39 is 15.9 Å². The van der Waals surface area contributed by atoms with Crippen LogP contribution in [0, 0.1) is 0 Å². The highest BCUT2D eigenvalue weighted by Gasteiger charge is 2.36. The average Bonchev–Trinajstić information content (AvgIpc) is 2.69. The van der Waals surface area contributed by atoms with Crippen molar-refractivity contribution in [2.24, 2.45) is 0 Å². The minimum atomic E-state index is -1.75. The van der Waals surface area contributed by atoms with Gasteiger partial charge in [-0.2, -0.15) is 0 Å². The monoisotopic (exact) mass is 432 g/mol. The Kier molecular flexibility index (Phi) is 6.84. The number of hydrogen-bond donors (Lipinski definition) is 2. The van der Waals surface area contributed by atoms with E-state index in [-0.39, 0.29) is 5.91 Å². The molecule has 2 N–H and O–H groups in total. The molecule has 3 aromatic rings. The molecule has 3 aromatic carbocycles. The normalized spacial score (nSPS) is 12.4. The lowest BCUT2D eigenvalue weighted by Crippen LogP contribution is -2.50. The maximum Gasteiger partial charge on any atom is 0.233 e. The van der Waals surface area contributed by atoms with Gasteiger partial charge in [0.05, 0.1) is 5.92 Å². The van der Waals surface area contributed by atoms with Crippen molar-refractivity contribution in [1.29, 1.82) is 0 Å². The van der Waals surface area contributed by atoms with Gasteiger partial charge in [-0.3, -0.25) is 4.79 Å². The summed E-state index contributed by atoms with van der Waals surface area (Å²) < 4.78 is -1.75. The highest BCUT2D eigenvalue weighted by Crippen LogP contribution is 2.32. The van der Waals surface area contributed by atoms with Crippen LogP contribution in [-0.2, 0) is 4.79 Å². The summed E-state index contributed by atoms with van der Waals surface area (Å²) in [4.78, 5) is 13.3. The Morgan fingerprint density at radius 2 is 1.14 bits per heavy atom. The summed E-state index contributed by atoms with van der Waals surface area (Å²) in [5.41, 5.74) is 2.44. The van der Waals surface area contributed by atoms with Crippen LogP contribution in [0.25, 0.3) is 0 Å². The topological polar surface area (TPSA) is 41.1 Å². The Labute approximate surface area is 179 Å². The highest BCUT2D eigenvalue weighted by atomic mass is 35.6. The molecule has 3 rings (SSSR count). The molecule has 3 nitrogen and oxygen atoms in total. The first-order valence-corrected chi connectivity index (χ1v) is 9.87. The van der Waals surface area contributed by atoms with Gasteiger partial charge < -0.3 is 10.6 Å². The highest BCUT2D eigenvalue weighted by molar-refractivity contribution is 6.68. The summed E-state index contributed by atoms with van der Waals surface area (Å²) in [6.07, 6.45) is -0.915. The van der Waals surface area contributed by atoms with E-state index in [1.165, 1.54) is 0 Å². The molecule has 1 atom stereocenters. The summed E-state index contributed by atoms with van der Waals surface area (Å²) in [6.45, 7) is 0. The third-order valence-corrected chi connectivity index (χ3v) is 4.88. The lowest BCUT2D eigenvalue weighted by atomic mass is 9.90. The molecule has 0 aliphatic heterocycles. The number of alkyl halides is 3. The molecule has 0 aliphatic rings. The van der Waals surface area contributed by atoms with Crippen molar-refractivity contribution >= 4 is 46.4 Å². The number of para-hydroxylation sites is 1. The largest absolute Gasteiger partial charge is 0.362 e. The second kappa shape index (κ2) is 9.33. The Bertz CT molecular complexity index is 844. The lowest BCUT2D eigenvalue weighted by Gasteiger charge is -2.29. The van der Waals surface area contributed by atoms with Crippen LogP contribution >= 0.6 is 34.8 Å². The van der Waals surface area contributed by atoms with Crippen molar-refractivity contribution < 1.29 is 4.79 Å². The zero-order chi connectivity index (χ0) is 20.0. The standard InChI is InChI=1S/C22H19Cl3N2O/c23-22(24,25)21(26-18-14-8-3-9-15-18)27-20(28)19(16-10-4-1-5-11-16)17-12-6-2-7-13-17/h1-15,19,21,26H,(H,27,28). The molecule has 6 heteroatoms. The van der Waals surface area contributed by atoms with Gasteiger partial charge in [0.2, 0.25) is 9.70 Å². The second-order valence-corrected chi connectivity index (χ2v) is 8.62. The molecule has 144 valence electrons. The maximum absolute atomic E-state index is 13.3. The molecule has 0 saturated carbocycles. The van der Waals surface area contributed by atoms with Crippen molar-refractivity contribution in [2.75, 3.05) is 5.32 Å². The Morgan fingerprint density at radius 3 is 1.57 bits per heavy atom. The molecule has 0 aliphatic carbocycles. The minimum Gasteiger partial charge on any atom is -0.362 e. The molecule has 0 spiro atoms. The third-order valence-electron chi connectivity index (χ3n) is 4.23. The van der Waals surface area contributed by atoms with Gasteiger partial charge in [0.1, 0.15) is 6.17 Å². The van der Waals surface area contributed by atoms with Gasteiger partial charge >= 0.3 is 0 Å². The van der Waals surface area contributed by atoms with Gasteiger partial charge in [-0.25, -0.2) is 0 Å². The third kappa shape index (κ3) is 5.41. The lowest BCUT2D eigenvalue weighted by molar-refractivity contribution is -0.122. The average molecular weight is 434 g/mol. The van der Waals surface area contributed by atoms with Gasteiger partial charge in [-0.1, -0.05) is 114 Å². The van der Waals surface area contributed by atoms with E-state index in [1.807, 2.05) is 91.0 Å². The Hall–Kier alpha value is -2.20. The number of carbonyl (C=O) groups is 1. The summed E-state index contributed by atoms with van der Waals surface area (Å²) in [6, 6.07) is 28.3. The van der Waals surface area contributed by atoms with E-state index in [0.29, 0.717) is 0 Å². The zero-order valence-corrected chi connectivity index (χ0v) is 17.1. The van der Waals surface area contributed by atoms with Crippen LogP contribution in [0.15, 0.2) is 91.0 Å². The summed E-state index contributed by atoms with van der Waals surface area (Å²) in [5, 5.41) is 5.94. The molecule has 0 fully saturated rings. The van der Waals surface area contributed by atoms with Crippen LogP contribution in [-0.4, -0.2) is 15.9 Å². The van der Waals surface area contributed by atoms with Gasteiger partial charge in [0.25, 0.3) is 0 Å². The van der Waals surface area contributed by atoms with Crippen LogP contribution in [0.1, 0.15) is 17.0 Å². The number of rotatable bonds is 6. The van der Waals surface area contributed by atoms with Crippen LogP contribution < -0.4 is 10.6 Å². The molecule has 0 saturated heterocycles. The van der Waals surface area contributed by atoms with Crippen LogP contribution in [0.5, 0.6) is 0 Å². The quantitative estimate of drug-likeness (QED) is 0.384.